The van der Waals surface area contributed by atoms with Crippen molar-refractivity contribution in [1.29, 1.82) is 5.26 Å². The fraction of sp³-hybridized carbons (Fsp3) is 0.0625. The third-order valence-corrected chi connectivity index (χ3v) is 3.08. The van der Waals surface area contributed by atoms with Gasteiger partial charge in [0.15, 0.2) is 0 Å². The number of benzene rings is 2. The first-order valence-electron chi connectivity index (χ1n) is 5.86. The Balaban J connectivity index is 2.17. The quantitative estimate of drug-likeness (QED) is 0.676. The Hall–Kier alpha value is -2.53. The number of nitriles is 1. The van der Waals surface area contributed by atoms with E-state index < -0.39 is 0 Å². The van der Waals surface area contributed by atoms with Crippen molar-refractivity contribution in [3.63, 3.8) is 0 Å². The highest BCUT2D eigenvalue weighted by Gasteiger charge is 2.04. The highest BCUT2D eigenvalue weighted by Crippen LogP contribution is 2.25. The topological polar surface area (TPSA) is 39.6 Å². The van der Waals surface area contributed by atoms with E-state index in [1.165, 1.54) is 11.1 Å². The molecule has 2 nitrogen and oxygen atoms in total. The molecule has 0 amide bonds. The van der Waals surface area contributed by atoms with Crippen LogP contribution >= 0.6 is 0 Å². The Morgan fingerprint density at radius 3 is 2.72 bits per heavy atom. The van der Waals surface area contributed by atoms with Crippen LogP contribution in [0.1, 0.15) is 11.1 Å². The van der Waals surface area contributed by atoms with Crippen molar-refractivity contribution >= 4 is 10.9 Å². The van der Waals surface area contributed by atoms with Crippen molar-refractivity contribution < 1.29 is 0 Å². The number of hydrogen-bond donors (Lipinski definition) is 1. The summed E-state index contributed by atoms with van der Waals surface area (Å²) in [6.45, 7) is 2.08. The summed E-state index contributed by atoms with van der Waals surface area (Å²) in [6, 6.07) is 18.3. The molecule has 0 aliphatic rings. The van der Waals surface area contributed by atoms with Crippen LogP contribution < -0.4 is 0 Å². The Bertz CT molecular complexity index is 760. The molecule has 0 aliphatic carbocycles. The molecule has 3 aromatic rings. The molecular weight excluding hydrogens is 220 g/mol. The molecule has 3 rings (SSSR count). The molecular formula is C16H12N2. The molecule has 0 atom stereocenters. The molecule has 2 aromatic carbocycles. The van der Waals surface area contributed by atoms with Gasteiger partial charge in [0.25, 0.3) is 0 Å². The number of fused-ring (bicyclic) bond motifs is 1. The average molecular weight is 232 g/mol. The molecule has 0 saturated carbocycles. The minimum absolute atomic E-state index is 0.681. The maximum Gasteiger partial charge on any atom is 0.0992 e. The summed E-state index contributed by atoms with van der Waals surface area (Å²) in [5.74, 6) is 0. The lowest BCUT2D eigenvalue weighted by Gasteiger charge is -1.98. The third kappa shape index (κ3) is 1.76. The molecule has 1 heterocycles. The van der Waals surface area contributed by atoms with Crippen molar-refractivity contribution in [1.82, 2.24) is 4.98 Å². The van der Waals surface area contributed by atoms with Crippen LogP contribution in [0.15, 0.2) is 48.5 Å². The van der Waals surface area contributed by atoms with Crippen LogP contribution in [0.4, 0.5) is 0 Å². The van der Waals surface area contributed by atoms with E-state index in [2.05, 4.69) is 48.3 Å². The van der Waals surface area contributed by atoms with Crippen molar-refractivity contribution in [3.8, 4) is 17.3 Å². The standard InChI is InChI=1S/C16H12N2/c1-11-3-2-4-13(7-11)16-9-14-6-5-12(10-17)8-15(14)18-16/h2-9,18H,1H3. The van der Waals surface area contributed by atoms with Crippen molar-refractivity contribution in [2.24, 2.45) is 0 Å². The fourth-order valence-corrected chi connectivity index (χ4v) is 2.16. The molecule has 18 heavy (non-hydrogen) atoms. The monoisotopic (exact) mass is 232 g/mol. The summed E-state index contributed by atoms with van der Waals surface area (Å²) < 4.78 is 0. The van der Waals surface area contributed by atoms with Gasteiger partial charge in [-0.05, 0) is 36.8 Å². The number of nitrogens with one attached hydrogen (secondary N) is 1. The number of nitrogens with zero attached hydrogens (tertiary/aromatic N) is 1. The molecule has 0 unspecified atom stereocenters. The summed E-state index contributed by atoms with van der Waals surface area (Å²) in [4.78, 5) is 3.36. The molecule has 0 fully saturated rings. The fourth-order valence-electron chi connectivity index (χ4n) is 2.16. The highest BCUT2D eigenvalue weighted by molar-refractivity contribution is 5.86. The van der Waals surface area contributed by atoms with E-state index in [4.69, 9.17) is 5.26 Å². The van der Waals surface area contributed by atoms with Gasteiger partial charge in [0, 0.05) is 16.6 Å². The summed E-state index contributed by atoms with van der Waals surface area (Å²) in [5, 5.41) is 10.0. The van der Waals surface area contributed by atoms with Gasteiger partial charge >= 0.3 is 0 Å². The second kappa shape index (κ2) is 4.05. The van der Waals surface area contributed by atoms with E-state index in [-0.39, 0.29) is 0 Å². The maximum atomic E-state index is 8.89. The molecule has 2 heteroatoms. The lowest BCUT2D eigenvalue weighted by Crippen LogP contribution is -1.78. The largest absolute Gasteiger partial charge is 0.354 e. The van der Waals surface area contributed by atoms with Gasteiger partial charge in [-0.1, -0.05) is 29.8 Å². The first-order valence-corrected chi connectivity index (χ1v) is 5.86. The SMILES string of the molecule is Cc1cccc(-c2cc3ccc(C#N)cc3[nH]2)c1. The number of rotatable bonds is 1. The van der Waals surface area contributed by atoms with Crippen LogP contribution in [0.25, 0.3) is 22.2 Å². The third-order valence-electron chi connectivity index (χ3n) is 3.08. The van der Waals surface area contributed by atoms with Crippen LogP contribution in [0, 0.1) is 18.3 Å². The number of H-pyrrole nitrogens is 1. The molecule has 0 bridgehead atoms. The van der Waals surface area contributed by atoms with E-state index in [1.807, 2.05) is 18.2 Å². The van der Waals surface area contributed by atoms with Crippen LogP contribution in [-0.2, 0) is 0 Å². The van der Waals surface area contributed by atoms with E-state index in [1.54, 1.807) is 0 Å². The molecule has 1 aromatic heterocycles. The first kappa shape index (κ1) is 10.6. The minimum atomic E-state index is 0.681. The molecule has 0 radical (unpaired) electrons. The van der Waals surface area contributed by atoms with Gasteiger partial charge < -0.3 is 4.98 Å². The Kier molecular flexibility index (Phi) is 2.39. The second-order valence-electron chi connectivity index (χ2n) is 4.47. The van der Waals surface area contributed by atoms with E-state index in [0.29, 0.717) is 5.56 Å². The number of aryl methyl sites for hydroxylation is 1. The number of aromatic amines is 1. The number of hydrogen-bond acceptors (Lipinski definition) is 1. The molecule has 1 N–H and O–H groups in total. The summed E-state index contributed by atoms with van der Waals surface area (Å²) in [7, 11) is 0. The Morgan fingerprint density at radius 2 is 1.94 bits per heavy atom. The minimum Gasteiger partial charge on any atom is -0.354 e. The smallest absolute Gasteiger partial charge is 0.0992 e. The first-order chi connectivity index (χ1) is 8.76. The van der Waals surface area contributed by atoms with Gasteiger partial charge in [0.2, 0.25) is 0 Å². The van der Waals surface area contributed by atoms with Crippen molar-refractivity contribution in [2.75, 3.05) is 0 Å². The average Bonchev–Trinajstić information content (AvgIpc) is 2.81. The number of aromatic nitrogens is 1. The van der Waals surface area contributed by atoms with Gasteiger partial charge in [-0.15, -0.1) is 0 Å². The lowest BCUT2D eigenvalue weighted by atomic mass is 10.1. The lowest BCUT2D eigenvalue weighted by molar-refractivity contribution is 1.41. The van der Waals surface area contributed by atoms with Gasteiger partial charge in [-0.25, -0.2) is 0 Å². The zero-order valence-corrected chi connectivity index (χ0v) is 10.1. The summed E-state index contributed by atoms with van der Waals surface area (Å²) >= 11 is 0. The normalized spacial score (nSPS) is 10.4. The van der Waals surface area contributed by atoms with E-state index in [0.717, 1.165) is 16.6 Å². The molecule has 0 spiro atoms. The van der Waals surface area contributed by atoms with Crippen LogP contribution in [0.2, 0.25) is 0 Å². The summed E-state index contributed by atoms with van der Waals surface area (Å²) in [6.07, 6.45) is 0. The molecule has 0 saturated heterocycles. The predicted octanol–water partition coefficient (Wildman–Crippen LogP) is 4.02. The van der Waals surface area contributed by atoms with Crippen LogP contribution in [-0.4, -0.2) is 4.98 Å². The Labute approximate surface area is 106 Å². The van der Waals surface area contributed by atoms with Gasteiger partial charge in [0.1, 0.15) is 0 Å². The Morgan fingerprint density at radius 1 is 1.06 bits per heavy atom. The van der Waals surface area contributed by atoms with E-state index in [9.17, 15) is 0 Å². The molecule has 0 aliphatic heterocycles. The van der Waals surface area contributed by atoms with Gasteiger partial charge in [0.05, 0.1) is 11.6 Å². The van der Waals surface area contributed by atoms with Crippen molar-refractivity contribution in [3.05, 3.63) is 59.7 Å². The van der Waals surface area contributed by atoms with E-state index >= 15 is 0 Å². The highest BCUT2D eigenvalue weighted by atomic mass is 14.7. The van der Waals surface area contributed by atoms with Gasteiger partial charge in [-0.2, -0.15) is 5.26 Å². The second-order valence-corrected chi connectivity index (χ2v) is 4.47. The predicted molar refractivity (Wildman–Crippen MR) is 73.2 cm³/mol. The van der Waals surface area contributed by atoms with Gasteiger partial charge in [-0.3, -0.25) is 0 Å². The van der Waals surface area contributed by atoms with Crippen LogP contribution in [0.5, 0.6) is 0 Å². The van der Waals surface area contributed by atoms with Crippen LogP contribution in [0.3, 0.4) is 0 Å². The van der Waals surface area contributed by atoms with Crippen molar-refractivity contribution in [2.45, 2.75) is 6.92 Å². The maximum absolute atomic E-state index is 8.89. The zero-order chi connectivity index (χ0) is 12.5. The molecule has 86 valence electrons. The zero-order valence-electron chi connectivity index (χ0n) is 10.1. The summed E-state index contributed by atoms with van der Waals surface area (Å²) in [5.41, 5.74) is 5.18.